The van der Waals surface area contributed by atoms with E-state index in [9.17, 15) is 0 Å². The third kappa shape index (κ3) is 3.08. The Morgan fingerprint density at radius 2 is 1.44 bits per heavy atom. The van der Waals surface area contributed by atoms with E-state index in [2.05, 4.69) is 51.3 Å². The van der Waals surface area contributed by atoms with Crippen LogP contribution in [0, 0.1) is 0 Å². The standard InChI is InChI=1S/C20H21N5O2/c1-15-23(16-4-6-17(7-5-16)25-14-21-13-22-25)10-11-24(15)18-8-9-19(26-2)20(12-18)27-3/h4-15H,1-3H3. The van der Waals surface area contributed by atoms with Crippen molar-refractivity contribution in [2.75, 3.05) is 24.0 Å². The normalized spacial score (nSPS) is 16.0. The van der Waals surface area contributed by atoms with Crippen molar-refractivity contribution in [3.63, 3.8) is 0 Å². The lowest BCUT2D eigenvalue weighted by molar-refractivity contribution is 0.355. The highest BCUT2D eigenvalue weighted by atomic mass is 16.5. The number of nitrogens with zero attached hydrogens (tertiary/aromatic N) is 5. The molecule has 2 heterocycles. The molecule has 1 aliphatic rings. The third-order valence-electron chi connectivity index (χ3n) is 4.69. The summed E-state index contributed by atoms with van der Waals surface area (Å²) in [4.78, 5) is 8.38. The summed E-state index contributed by atoms with van der Waals surface area (Å²) < 4.78 is 12.5. The lowest BCUT2D eigenvalue weighted by atomic mass is 10.2. The second-order valence-electron chi connectivity index (χ2n) is 6.14. The van der Waals surface area contributed by atoms with Crippen molar-refractivity contribution in [2.45, 2.75) is 13.1 Å². The molecule has 1 aromatic heterocycles. The molecular weight excluding hydrogens is 342 g/mol. The summed E-state index contributed by atoms with van der Waals surface area (Å²) in [6.07, 6.45) is 7.48. The molecular formula is C20H21N5O2. The first-order valence-electron chi connectivity index (χ1n) is 8.63. The van der Waals surface area contributed by atoms with Crippen molar-refractivity contribution in [1.29, 1.82) is 0 Å². The van der Waals surface area contributed by atoms with Crippen molar-refractivity contribution in [1.82, 2.24) is 14.8 Å². The zero-order chi connectivity index (χ0) is 18.8. The number of aromatic nitrogens is 3. The number of methoxy groups -OCH3 is 2. The van der Waals surface area contributed by atoms with Crippen LogP contribution in [0.1, 0.15) is 6.92 Å². The maximum atomic E-state index is 5.43. The van der Waals surface area contributed by atoms with Gasteiger partial charge in [0.1, 0.15) is 18.8 Å². The molecule has 27 heavy (non-hydrogen) atoms. The van der Waals surface area contributed by atoms with Crippen molar-refractivity contribution in [3.8, 4) is 17.2 Å². The van der Waals surface area contributed by atoms with Gasteiger partial charge >= 0.3 is 0 Å². The quantitative estimate of drug-likeness (QED) is 0.692. The predicted molar refractivity (Wildman–Crippen MR) is 104 cm³/mol. The molecule has 0 spiro atoms. The molecule has 138 valence electrons. The molecule has 7 heteroatoms. The minimum Gasteiger partial charge on any atom is -0.493 e. The Bertz CT molecular complexity index is 938. The molecule has 0 N–H and O–H groups in total. The Labute approximate surface area is 158 Å². The summed E-state index contributed by atoms with van der Waals surface area (Å²) in [6.45, 7) is 2.15. The smallest absolute Gasteiger partial charge is 0.162 e. The predicted octanol–water partition coefficient (Wildman–Crippen LogP) is 3.43. The first-order chi connectivity index (χ1) is 13.2. The molecule has 4 rings (SSSR count). The van der Waals surface area contributed by atoms with Crippen LogP contribution in [0.4, 0.5) is 11.4 Å². The lowest BCUT2D eigenvalue weighted by Crippen LogP contribution is -2.35. The average molecular weight is 363 g/mol. The maximum Gasteiger partial charge on any atom is 0.162 e. The van der Waals surface area contributed by atoms with Crippen LogP contribution in [-0.2, 0) is 0 Å². The summed E-state index contributed by atoms with van der Waals surface area (Å²) in [5, 5.41) is 4.16. The average Bonchev–Trinajstić information content (AvgIpc) is 3.38. The molecule has 0 aliphatic carbocycles. The van der Waals surface area contributed by atoms with Gasteiger partial charge in [-0.3, -0.25) is 0 Å². The fourth-order valence-corrected chi connectivity index (χ4v) is 3.23. The van der Waals surface area contributed by atoms with Crippen LogP contribution in [0.15, 0.2) is 67.5 Å². The second kappa shape index (κ2) is 7.03. The van der Waals surface area contributed by atoms with Gasteiger partial charge in [-0.25, -0.2) is 9.67 Å². The van der Waals surface area contributed by atoms with Crippen molar-refractivity contribution in [2.24, 2.45) is 0 Å². The summed E-state index contributed by atoms with van der Waals surface area (Å²) in [7, 11) is 3.29. The third-order valence-corrected chi connectivity index (χ3v) is 4.69. The van der Waals surface area contributed by atoms with Gasteiger partial charge in [0, 0.05) is 29.8 Å². The first kappa shape index (κ1) is 17.0. The Kier molecular flexibility index (Phi) is 4.42. The van der Waals surface area contributed by atoms with Crippen molar-refractivity contribution in [3.05, 3.63) is 67.5 Å². The van der Waals surface area contributed by atoms with Gasteiger partial charge in [0.05, 0.1) is 19.9 Å². The van der Waals surface area contributed by atoms with E-state index >= 15 is 0 Å². The molecule has 0 saturated heterocycles. The van der Waals surface area contributed by atoms with E-state index in [1.165, 1.54) is 6.33 Å². The highest BCUT2D eigenvalue weighted by molar-refractivity contribution is 5.64. The highest BCUT2D eigenvalue weighted by Crippen LogP contribution is 2.35. The van der Waals surface area contributed by atoms with Gasteiger partial charge in [0.2, 0.25) is 0 Å². The molecule has 0 amide bonds. The molecule has 0 fully saturated rings. The number of hydrogen-bond acceptors (Lipinski definition) is 6. The monoisotopic (exact) mass is 363 g/mol. The summed E-state index contributed by atoms with van der Waals surface area (Å²) in [5.41, 5.74) is 3.12. The van der Waals surface area contributed by atoms with Gasteiger partial charge in [0.25, 0.3) is 0 Å². The van der Waals surface area contributed by atoms with Crippen molar-refractivity contribution >= 4 is 11.4 Å². The molecule has 0 bridgehead atoms. The van der Waals surface area contributed by atoms with E-state index in [1.807, 2.05) is 30.3 Å². The number of rotatable bonds is 5. The topological polar surface area (TPSA) is 55.7 Å². The van der Waals surface area contributed by atoms with Crippen LogP contribution in [0.3, 0.4) is 0 Å². The van der Waals surface area contributed by atoms with E-state index in [0.29, 0.717) is 5.75 Å². The van der Waals surface area contributed by atoms with Crippen molar-refractivity contribution < 1.29 is 9.47 Å². The Morgan fingerprint density at radius 1 is 0.815 bits per heavy atom. The van der Waals surface area contributed by atoms with Crippen LogP contribution in [-0.4, -0.2) is 35.1 Å². The number of benzene rings is 2. The van der Waals surface area contributed by atoms with E-state index < -0.39 is 0 Å². The van der Waals surface area contributed by atoms with Crippen LogP contribution in [0.25, 0.3) is 5.69 Å². The minimum absolute atomic E-state index is 0.125. The minimum atomic E-state index is 0.125. The van der Waals surface area contributed by atoms with Gasteiger partial charge in [0.15, 0.2) is 11.5 Å². The number of ether oxygens (including phenoxy) is 2. The van der Waals surface area contributed by atoms with Gasteiger partial charge in [-0.1, -0.05) is 0 Å². The van der Waals surface area contributed by atoms with E-state index in [1.54, 1.807) is 25.2 Å². The summed E-state index contributed by atoms with van der Waals surface area (Å²) >= 11 is 0. The fourth-order valence-electron chi connectivity index (χ4n) is 3.23. The van der Waals surface area contributed by atoms with Crippen LogP contribution >= 0.6 is 0 Å². The molecule has 7 nitrogen and oxygen atoms in total. The molecule has 3 aromatic rings. The molecule has 1 unspecified atom stereocenters. The van der Waals surface area contributed by atoms with Gasteiger partial charge < -0.3 is 19.3 Å². The number of anilines is 2. The van der Waals surface area contributed by atoms with Gasteiger partial charge in [-0.2, -0.15) is 5.10 Å². The zero-order valence-corrected chi connectivity index (χ0v) is 15.5. The zero-order valence-electron chi connectivity index (χ0n) is 15.5. The Balaban J connectivity index is 1.55. The summed E-state index contributed by atoms with van der Waals surface area (Å²) in [6, 6.07) is 14.2. The molecule has 1 atom stereocenters. The lowest BCUT2D eigenvalue weighted by Gasteiger charge is -2.30. The molecule has 0 radical (unpaired) electrons. The summed E-state index contributed by atoms with van der Waals surface area (Å²) in [5.74, 6) is 1.43. The molecule has 0 saturated carbocycles. The van der Waals surface area contributed by atoms with E-state index in [0.717, 1.165) is 22.8 Å². The second-order valence-corrected chi connectivity index (χ2v) is 6.14. The van der Waals surface area contributed by atoms with E-state index in [4.69, 9.17) is 9.47 Å². The highest BCUT2D eigenvalue weighted by Gasteiger charge is 2.25. The van der Waals surface area contributed by atoms with Crippen LogP contribution in [0.2, 0.25) is 0 Å². The molecule has 2 aromatic carbocycles. The molecule has 1 aliphatic heterocycles. The van der Waals surface area contributed by atoms with Crippen LogP contribution < -0.4 is 19.3 Å². The largest absolute Gasteiger partial charge is 0.493 e. The SMILES string of the molecule is COc1ccc(N2C=CN(c3ccc(-n4cncn4)cc3)C2C)cc1OC. The first-order valence-corrected chi connectivity index (χ1v) is 8.63. The van der Waals surface area contributed by atoms with Gasteiger partial charge in [-0.05, 0) is 43.3 Å². The Hall–Kier alpha value is -3.48. The fraction of sp³-hybridized carbons (Fsp3) is 0.200. The van der Waals surface area contributed by atoms with E-state index in [-0.39, 0.29) is 6.17 Å². The Morgan fingerprint density at radius 3 is 2.07 bits per heavy atom. The van der Waals surface area contributed by atoms with Gasteiger partial charge in [-0.15, -0.1) is 0 Å². The van der Waals surface area contributed by atoms with Crippen LogP contribution in [0.5, 0.6) is 11.5 Å². The number of hydrogen-bond donors (Lipinski definition) is 0. The maximum absolute atomic E-state index is 5.43.